The van der Waals surface area contributed by atoms with E-state index in [0.717, 1.165) is 53.0 Å². The number of azo groups is 1. The zero-order chi connectivity index (χ0) is 39.5. The minimum absolute atomic E-state index is 0.0286. The number of benzene rings is 3. The van der Waals surface area contributed by atoms with Crippen LogP contribution in [-0.4, -0.2) is 40.2 Å². The number of ether oxygens (including phenoxy) is 1. The Bertz CT molecular complexity index is 2240. The summed E-state index contributed by atoms with van der Waals surface area (Å²) < 4.78 is 30.9. The van der Waals surface area contributed by atoms with Crippen LogP contribution in [0.1, 0.15) is 78.9 Å². The molecular weight excluding hydrogens is 724 g/mol. The van der Waals surface area contributed by atoms with Crippen LogP contribution in [0.4, 0.5) is 28.6 Å². The number of carbonyl (C=O) groups excluding carboxylic acids is 1. The van der Waals surface area contributed by atoms with Crippen LogP contribution in [0.2, 0.25) is 5.02 Å². The van der Waals surface area contributed by atoms with Gasteiger partial charge in [-0.1, -0.05) is 72.2 Å². The van der Waals surface area contributed by atoms with Crippen LogP contribution in [0.15, 0.2) is 69.9 Å². The van der Waals surface area contributed by atoms with E-state index < -0.39 is 43.3 Å². The van der Waals surface area contributed by atoms with Crippen molar-refractivity contribution >= 4 is 56.1 Å². The van der Waals surface area contributed by atoms with Crippen molar-refractivity contribution in [2.75, 3.05) is 5.32 Å². The molecule has 17 heteroatoms. The van der Waals surface area contributed by atoms with Gasteiger partial charge in [0.15, 0.2) is 17.7 Å². The Kier molecular flexibility index (Phi) is 12.0. The molecule has 1 amide bonds. The lowest BCUT2D eigenvalue weighted by Gasteiger charge is -2.31. The maximum atomic E-state index is 13.6. The fraction of sp³-hybridized carbons (Fsp3) is 0.361. The second kappa shape index (κ2) is 15.7. The van der Waals surface area contributed by atoms with Gasteiger partial charge in [-0.05, 0) is 66.0 Å². The van der Waals surface area contributed by atoms with E-state index in [1.807, 2.05) is 12.1 Å². The number of phenols is 1. The summed E-state index contributed by atoms with van der Waals surface area (Å²) in [7, 11) is -4.27. The second-order valence-corrected chi connectivity index (χ2v) is 15.5. The molecule has 4 N–H and O–H groups in total. The largest absolute Gasteiger partial charge is 0.504 e. The van der Waals surface area contributed by atoms with E-state index in [9.17, 15) is 28.4 Å². The smallest absolute Gasteiger partial charge is 0.296 e. The summed E-state index contributed by atoms with van der Waals surface area (Å²) in [5.74, 6) is -0.661. The topological polar surface area (TPSA) is 209 Å². The zero-order valence-electron chi connectivity index (χ0n) is 30.3. The molecule has 1 atom stereocenters. The molecule has 0 aliphatic rings. The van der Waals surface area contributed by atoms with Crippen LogP contribution in [0.25, 0.3) is 10.5 Å². The molecule has 4 rings (SSSR count). The van der Waals surface area contributed by atoms with Crippen molar-refractivity contribution < 1.29 is 28.0 Å². The van der Waals surface area contributed by atoms with E-state index in [0.29, 0.717) is 12.2 Å². The van der Waals surface area contributed by atoms with Crippen molar-refractivity contribution in [1.82, 2.24) is 9.78 Å². The highest BCUT2D eigenvalue weighted by Gasteiger charge is 2.30. The number of primary sulfonamides is 1. The third-order valence-electron chi connectivity index (χ3n) is 9.30. The number of nitrogens with zero attached hydrogens (tertiary/aromatic N) is 6. The van der Waals surface area contributed by atoms with Crippen LogP contribution in [0.5, 0.6) is 11.5 Å². The van der Waals surface area contributed by atoms with Crippen molar-refractivity contribution in [2.24, 2.45) is 15.4 Å². The number of phenolic OH excluding ortho intramolecular Hbond substituents is 1. The number of hydrogen-bond acceptors (Lipinski definition) is 10. The van der Waals surface area contributed by atoms with Crippen LogP contribution in [-0.2, 0) is 25.6 Å². The standard InChI is InChI=1S/C36H41ClN8O7S/c1-9-30(52-31-15-12-21(35(4,5)10-2)16-24(31)36(6,7)11-3)34(47)41-26-18-22(17-25(37)32(26)46)42-43-33-27(39-8)20-40-44(33)28-14-13-23(53(38,50)51)19-29(28)45(48)49/h12-20,30,46H,9-11H2,1-7H3,(H,41,47)(H2,38,50,51). The molecule has 1 unspecified atom stereocenters. The van der Waals surface area contributed by atoms with E-state index in [-0.39, 0.29) is 44.4 Å². The minimum Gasteiger partial charge on any atom is -0.504 e. The lowest BCUT2D eigenvalue weighted by molar-refractivity contribution is -0.384. The number of hydrogen-bond donors (Lipinski definition) is 3. The molecular formula is C36H41ClN8O7S. The van der Waals surface area contributed by atoms with Gasteiger partial charge in [-0.25, -0.2) is 23.1 Å². The summed E-state index contributed by atoms with van der Waals surface area (Å²) in [4.78, 5) is 27.5. The van der Waals surface area contributed by atoms with Crippen LogP contribution in [0.3, 0.4) is 0 Å². The normalized spacial score (nSPS) is 12.8. The van der Waals surface area contributed by atoms with Gasteiger partial charge in [-0.3, -0.25) is 14.9 Å². The van der Waals surface area contributed by atoms with Gasteiger partial charge in [0, 0.05) is 11.6 Å². The van der Waals surface area contributed by atoms with Crippen LogP contribution >= 0.6 is 11.6 Å². The molecule has 0 bridgehead atoms. The molecule has 0 spiro atoms. The Morgan fingerprint density at radius 3 is 2.38 bits per heavy atom. The second-order valence-electron chi connectivity index (χ2n) is 13.5. The molecule has 0 radical (unpaired) electrons. The molecule has 4 aromatic rings. The molecule has 15 nitrogen and oxygen atoms in total. The molecule has 3 aromatic carbocycles. The number of sulfonamides is 1. The predicted molar refractivity (Wildman–Crippen MR) is 202 cm³/mol. The van der Waals surface area contributed by atoms with E-state index >= 15 is 0 Å². The summed E-state index contributed by atoms with van der Waals surface area (Å²) in [6, 6.07) is 11.5. The average molecular weight is 765 g/mol. The molecule has 1 heterocycles. The van der Waals surface area contributed by atoms with E-state index in [2.05, 4.69) is 73.1 Å². The number of carbonyl (C=O) groups is 1. The van der Waals surface area contributed by atoms with E-state index in [1.165, 1.54) is 12.1 Å². The summed E-state index contributed by atoms with van der Waals surface area (Å²) in [6.07, 6.45) is 2.21. The van der Waals surface area contributed by atoms with Crippen molar-refractivity contribution in [2.45, 2.75) is 89.6 Å². The van der Waals surface area contributed by atoms with Gasteiger partial charge >= 0.3 is 0 Å². The SMILES string of the molecule is [C-]#[N+]c1cnn(-c2ccc(S(N)(=O)=O)cc2[N+](=O)[O-])c1N=Nc1cc(Cl)c(O)c(NC(=O)C(CC)Oc2ccc(C(C)(C)CC)cc2C(C)(C)CC)c1. The Morgan fingerprint density at radius 1 is 1.11 bits per heavy atom. The van der Waals surface area contributed by atoms with Crippen molar-refractivity contribution in [3.63, 3.8) is 0 Å². The molecule has 280 valence electrons. The van der Waals surface area contributed by atoms with E-state index in [4.69, 9.17) is 28.0 Å². The Labute approximate surface area is 312 Å². The Balaban J connectivity index is 1.68. The number of aromatic nitrogens is 2. The number of nitrogens with one attached hydrogen (secondary N) is 1. The van der Waals surface area contributed by atoms with Crippen LogP contribution in [0, 0.1) is 16.7 Å². The Hall–Kier alpha value is -5.37. The summed E-state index contributed by atoms with van der Waals surface area (Å²) >= 11 is 6.32. The van der Waals surface area contributed by atoms with Crippen molar-refractivity contribution in [1.29, 1.82) is 0 Å². The first-order valence-electron chi connectivity index (χ1n) is 16.6. The maximum Gasteiger partial charge on any atom is 0.296 e. The summed E-state index contributed by atoms with van der Waals surface area (Å²) in [6.45, 7) is 22.2. The molecule has 0 saturated heterocycles. The third kappa shape index (κ3) is 8.82. The molecule has 1 aromatic heterocycles. The highest BCUT2D eigenvalue weighted by molar-refractivity contribution is 7.89. The number of amides is 1. The molecule has 0 aliphatic carbocycles. The van der Waals surface area contributed by atoms with Gasteiger partial charge in [0.2, 0.25) is 10.0 Å². The van der Waals surface area contributed by atoms with E-state index in [1.54, 1.807) is 6.92 Å². The van der Waals surface area contributed by atoms with Crippen molar-refractivity contribution in [3.8, 4) is 17.2 Å². The van der Waals surface area contributed by atoms with Crippen LogP contribution < -0.4 is 15.2 Å². The lowest BCUT2D eigenvalue weighted by Crippen LogP contribution is -2.33. The van der Waals surface area contributed by atoms with Gasteiger partial charge in [0.1, 0.15) is 11.4 Å². The number of rotatable bonds is 14. The quantitative estimate of drug-likeness (QED) is 0.0370. The van der Waals surface area contributed by atoms with Crippen molar-refractivity contribution in [3.05, 3.63) is 92.4 Å². The highest BCUT2D eigenvalue weighted by Crippen LogP contribution is 2.41. The molecule has 53 heavy (non-hydrogen) atoms. The monoisotopic (exact) mass is 764 g/mol. The number of nitro benzene ring substituents is 1. The first kappa shape index (κ1) is 40.4. The molecule has 0 fully saturated rings. The summed E-state index contributed by atoms with van der Waals surface area (Å²) in [5.41, 5.74) is 0.718. The zero-order valence-corrected chi connectivity index (χ0v) is 31.9. The first-order valence-corrected chi connectivity index (χ1v) is 18.5. The lowest BCUT2D eigenvalue weighted by atomic mass is 9.76. The number of nitro groups is 1. The number of aromatic hydroxyl groups is 1. The number of nitrogens with two attached hydrogens (primary N) is 1. The van der Waals surface area contributed by atoms with Gasteiger partial charge in [-0.15, -0.1) is 5.11 Å². The van der Waals surface area contributed by atoms with Gasteiger partial charge in [0.25, 0.3) is 17.3 Å². The van der Waals surface area contributed by atoms with Gasteiger partial charge in [-0.2, -0.15) is 10.2 Å². The van der Waals surface area contributed by atoms with Gasteiger partial charge in [0.05, 0.1) is 39.0 Å². The third-order valence-corrected chi connectivity index (χ3v) is 10.5. The Morgan fingerprint density at radius 2 is 1.79 bits per heavy atom. The predicted octanol–water partition coefficient (Wildman–Crippen LogP) is 8.92. The van der Waals surface area contributed by atoms with Gasteiger partial charge < -0.3 is 15.2 Å². The highest BCUT2D eigenvalue weighted by atomic mass is 35.5. The number of halogens is 1. The summed E-state index contributed by atoms with van der Waals surface area (Å²) in [5, 5.41) is 42.5. The first-order chi connectivity index (χ1) is 24.8. The number of anilines is 1. The minimum atomic E-state index is -4.27. The molecule has 0 saturated carbocycles. The maximum absolute atomic E-state index is 13.6. The molecule has 0 aliphatic heterocycles. The fourth-order valence-corrected chi connectivity index (χ4v) is 5.94. The fourth-order valence-electron chi connectivity index (χ4n) is 5.20. The average Bonchev–Trinajstić information content (AvgIpc) is 3.53.